The minimum atomic E-state index is -0.812. The number of carbonyl (C=O) groups is 2. The van der Waals surface area contributed by atoms with Crippen LogP contribution in [-0.2, 0) is 14.2 Å². The van der Waals surface area contributed by atoms with Crippen LogP contribution in [0.3, 0.4) is 0 Å². The van der Waals surface area contributed by atoms with E-state index in [1.165, 1.54) is 12.0 Å². The summed E-state index contributed by atoms with van der Waals surface area (Å²) in [6.45, 7) is 5.56. The van der Waals surface area contributed by atoms with Gasteiger partial charge in [-0.15, -0.1) is 0 Å². The Bertz CT molecular complexity index is 1550. The number of aromatic amines is 1. The van der Waals surface area contributed by atoms with E-state index in [2.05, 4.69) is 15.0 Å². The first-order valence-corrected chi connectivity index (χ1v) is 11.2. The molecule has 3 heterocycles. The number of anilines is 1. The van der Waals surface area contributed by atoms with Crippen molar-refractivity contribution in [1.82, 2.24) is 9.97 Å². The SMILES string of the molecule is COC(=O)N1CCC(OC)c2c1c1[nH]c3ccccc3c3c(O)nc(/c2=N/C(=O)OC(C)(C)C)c13. The molecule has 10 nitrogen and oxygen atoms in total. The largest absolute Gasteiger partial charge is 0.493 e. The number of para-hydroxylation sites is 1. The Morgan fingerprint density at radius 3 is 2.63 bits per heavy atom. The Balaban J connectivity index is 2.00. The van der Waals surface area contributed by atoms with E-state index in [0.29, 0.717) is 46.0 Å². The van der Waals surface area contributed by atoms with E-state index in [1.807, 2.05) is 24.3 Å². The van der Waals surface area contributed by atoms with Gasteiger partial charge >= 0.3 is 12.2 Å². The minimum absolute atomic E-state index is 0.191. The molecule has 0 aliphatic carbocycles. The van der Waals surface area contributed by atoms with Gasteiger partial charge in [-0.3, -0.25) is 4.90 Å². The lowest BCUT2D eigenvalue weighted by Crippen LogP contribution is -2.40. The number of ether oxygens (including phenoxy) is 3. The van der Waals surface area contributed by atoms with Gasteiger partial charge in [0.25, 0.3) is 0 Å². The molecule has 0 fully saturated rings. The Labute approximate surface area is 200 Å². The number of hydrogen-bond acceptors (Lipinski definition) is 7. The molecule has 2 N–H and O–H groups in total. The Morgan fingerprint density at radius 2 is 1.94 bits per heavy atom. The molecular formula is C25H26N4O6. The summed E-state index contributed by atoms with van der Waals surface area (Å²) in [6, 6.07) is 7.47. The topological polar surface area (TPSA) is 126 Å². The van der Waals surface area contributed by atoms with Gasteiger partial charge in [0.15, 0.2) is 0 Å². The lowest BCUT2D eigenvalue weighted by molar-refractivity contribution is 0.0595. The standard InChI is InChI=1S/C25H26N4O6/c1-25(2,3)35-23(31)28-18-16-14(33-4)10-11-29(24(32)34-5)21(16)20-17-15(22(30)27-19(17)18)12-8-6-7-9-13(12)26-20/h6-9,14,26,30H,10-11H2,1-5H3/b28-18+. The number of aromatic nitrogens is 2. The van der Waals surface area contributed by atoms with E-state index in [9.17, 15) is 14.7 Å². The molecule has 0 radical (unpaired) electrons. The number of amides is 2. The molecule has 1 aliphatic rings. The maximum atomic E-state index is 12.9. The number of methoxy groups -OCH3 is 2. The smallest absolute Gasteiger partial charge is 0.434 e. The number of carbonyl (C=O) groups excluding carboxylic acids is 2. The summed E-state index contributed by atoms with van der Waals surface area (Å²) in [5.74, 6) is -0.197. The summed E-state index contributed by atoms with van der Waals surface area (Å²) < 4.78 is 16.3. The second-order valence-corrected chi connectivity index (χ2v) is 9.42. The number of rotatable bonds is 1. The van der Waals surface area contributed by atoms with Crippen molar-refractivity contribution in [2.45, 2.75) is 38.9 Å². The average molecular weight is 479 g/mol. The fourth-order valence-corrected chi connectivity index (χ4v) is 4.78. The van der Waals surface area contributed by atoms with Crippen LogP contribution in [0.4, 0.5) is 15.3 Å². The van der Waals surface area contributed by atoms with Gasteiger partial charge in [-0.2, -0.15) is 4.99 Å². The molecule has 2 aromatic carbocycles. The molecule has 0 spiro atoms. The van der Waals surface area contributed by atoms with E-state index in [-0.39, 0.29) is 11.2 Å². The van der Waals surface area contributed by atoms with Gasteiger partial charge in [-0.05, 0) is 33.3 Å². The van der Waals surface area contributed by atoms with Crippen LogP contribution in [0.15, 0.2) is 29.3 Å². The molecule has 10 heteroatoms. The van der Waals surface area contributed by atoms with Gasteiger partial charge in [-0.1, -0.05) is 18.2 Å². The number of nitrogens with zero attached hydrogens (tertiary/aromatic N) is 3. The van der Waals surface area contributed by atoms with Crippen molar-refractivity contribution in [2.24, 2.45) is 4.99 Å². The summed E-state index contributed by atoms with van der Waals surface area (Å²) >= 11 is 0. The van der Waals surface area contributed by atoms with Crippen LogP contribution in [0.1, 0.15) is 38.9 Å². The molecule has 0 bridgehead atoms. The highest BCUT2D eigenvalue weighted by molar-refractivity contribution is 6.24. The molecule has 0 saturated heterocycles. The highest BCUT2D eigenvalue weighted by Crippen LogP contribution is 2.45. The third kappa shape index (κ3) is 3.61. The number of H-pyrrole nitrogens is 1. The lowest BCUT2D eigenvalue weighted by Gasteiger charge is -2.33. The number of benzene rings is 2. The van der Waals surface area contributed by atoms with Crippen LogP contribution in [0.5, 0.6) is 5.88 Å². The molecule has 2 aromatic heterocycles. The fraction of sp³-hybridized carbons (Fsp3) is 0.360. The first kappa shape index (κ1) is 22.9. The van der Waals surface area contributed by atoms with E-state index in [1.54, 1.807) is 27.9 Å². The summed E-state index contributed by atoms with van der Waals surface area (Å²) in [5, 5.41) is 12.9. The van der Waals surface area contributed by atoms with Crippen molar-refractivity contribution in [3.63, 3.8) is 0 Å². The highest BCUT2D eigenvalue weighted by atomic mass is 16.6. The minimum Gasteiger partial charge on any atom is -0.493 e. The van der Waals surface area contributed by atoms with Gasteiger partial charge in [0.2, 0.25) is 5.88 Å². The predicted octanol–water partition coefficient (Wildman–Crippen LogP) is 4.51. The quantitative estimate of drug-likeness (QED) is 0.385. The van der Waals surface area contributed by atoms with E-state index >= 15 is 0 Å². The van der Waals surface area contributed by atoms with Gasteiger partial charge in [0.05, 0.1) is 29.8 Å². The third-order valence-corrected chi connectivity index (χ3v) is 6.09. The van der Waals surface area contributed by atoms with Crippen LogP contribution in [0, 0.1) is 0 Å². The van der Waals surface area contributed by atoms with Gasteiger partial charge < -0.3 is 24.3 Å². The number of pyridine rings is 1. The monoisotopic (exact) mass is 478 g/mol. The zero-order valence-corrected chi connectivity index (χ0v) is 20.1. The van der Waals surface area contributed by atoms with Crippen molar-refractivity contribution in [3.05, 3.63) is 35.2 Å². The average Bonchev–Trinajstić information content (AvgIpc) is 3.17. The molecule has 2 amide bonds. The van der Waals surface area contributed by atoms with Crippen LogP contribution in [-0.4, -0.2) is 53.6 Å². The Kier molecular flexibility index (Phi) is 5.28. The van der Waals surface area contributed by atoms with E-state index < -0.39 is 23.9 Å². The molecular weight excluding hydrogens is 452 g/mol. The van der Waals surface area contributed by atoms with E-state index in [0.717, 1.165) is 10.9 Å². The number of aromatic hydroxyl groups is 1. The second kappa shape index (κ2) is 8.09. The van der Waals surface area contributed by atoms with Crippen LogP contribution in [0.2, 0.25) is 0 Å². The summed E-state index contributed by atoms with van der Waals surface area (Å²) in [5.41, 5.74) is 1.81. The summed E-state index contributed by atoms with van der Waals surface area (Å²) in [4.78, 5) is 39.3. The summed E-state index contributed by atoms with van der Waals surface area (Å²) in [7, 11) is 2.86. The highest BCUT2D eigenvalue weighted by Gasteiger charge is 2.36. The van der Waals surface area contributed by atoms with Gasteiger partial charge in [-0.25, -0.2) is 14.6 Å². The maximum Gasteiger partial charge on any atom is 0.434 e. The van der Waals surface area contributed by atoms with Crippen LogP contribution in [0.25, 0.3) is 32.7 Å². The zero-order chi connectivity index (χ0) is 25.1. The second-order valence-electron chi connectivity index (χ2n) is 9.42. The van der Waals surface area contributed by atoms with Crippen LogP contribution < -0.4 is 10.3 Å². The van der Waals surface area contributed by atoms with Crippen molar-refractivity contribution < 1.29 is 28.9 Å². The lowest BCUT2D eigenvalue weighted by atomic mass is 9.93. The van der Waals surface area contributed by atoms with E-state index in [4.69, 9.17) is 14.2 Å². The fourth-order valence-electron chi connectivity index (χ4n) is 4.78. The number of hydrogen-bond donors (Lipinski definition) is 2. The molecule has 5 rings (SSSR count). The summed E-state index contributed by atoms with van der Waals surface area (Å²) in [6.07, 6.45) is -1.43. The molecule has 0 saturated carbocycles. The molecule has 1 atom stereocenters. The predicted molar refractivity (Wildman–Crippen MR) is 130 cm³/mol. The molecule has 35 heavy (non-hydrogen) atoms. The van der Waals surface area contributed by atoms with Gasteiger partial charge in [0, 0.05) is 35.5 Å². The molecule has 1 aliphatic heterocycles. The first-order valence-electron chi connectivity index (χ1n) is 11.2. The molecule has 182 valence electrons. The maximum absolute atomic E-state index is 12.9. The normalized spacial score (nSPS) is 16.8. The molecule has 4 aromatic rings. The van der Waals surface area contributed by atoms with Gasteiger partial charge in [0.1, 0.15) is 16.5 Å². The Morgan fingerprint density at radius 1 is 1.20 bits per heavy atom. The van der Waals surface area contributed by atoms with Crippen molar-refractivity contribution in [2.75, 3.05) is 25.7 Å². The Hall–Kier alpha value is -3.92. The van der Waals surface area contributed by atoms with Crippen molar-refractivity contribution >= 4 is 50.6 Å². The van der Waals surface area contributed by atoms with Crippen molar-refractivity contribution in [1.29, 1.82) is 0 Å². The van der Waals surface area contributed by atoms with Crippen LogP contribution >= 0.6 is 0 Å². The number of nitrogens with one attached hydrogen (secondary N) is 1. The third-order valence-electron chi connectivity index (χ3n) is 6.09. The van der Waals surface area contributed by atoms with Crippen molar-refractivity contribution in [3.8, 4) is 5.88 Å². The first-order chi connectivity index (χ1) is 16.6. The molecule has 1 unspecified atom stereocenters. The zero-order valence-electron chi connectivity index (χ0n) is 20.1. The number of fused-ring (bicyclic) bond motifs is 4.